The Morgan fingerprint density at radius 2 is 1.64 bits per heavy atom. The van der Waals surface area contributed by atoms with Gasteiger partial charge in [0.05, 0.1) is 24.9 Å². The lowest BCUT2D eigenvalue weighted by Gasteiger charge is -2.38. The quantitative estimate of drug-likeness (QED) is 0.184. The summed E-state index contributed by atoms with van der Waals surface area (Å²) < 4.78 is 13.0. The SMILES string of the molecule is CC(=O)NCc1cccc(-c2ccc(C3OC(CN(C)CC(O)c4cccc(O)c4)CC(c4ccc(CO)cc4)O3)cc2)c1. The third-order valence-electron chi connectivity index (χ3n) is 7.85. The number of hydrogen-bond donors (Lipinski definition) is 4. The molecule has 4 unspecified atom stereocenters. The Kier molecular flexibility index (Phi) is 10.4. The fraction of sp³-hybridized carbons (Fsp3) is 0.306. The van der Waals surface area contributed by atoms with Gasteiger partial charge in [-0.05, 0) is 58.6 Å². The van der Waals surface area contributed by atoms with E-state index in [1.807, 2.05) is 78.7 Å². The number of rotatable bonds is 11. The molecule has 4 aromatic rings. The van der Waals surface area contributed by atoms with Gasteiger partial charge < -0.3 is 35.0 Å². The Balaban J connectivity index is 1.32. The molecule has 1 fully saturated rings. The number of nitrogens with one attached hydrogen (secondary N) is 1. The maximum atomic E-state index is 11.3. The molecule has 8 heteroatoms. The Labute approximate surface area is 258 Å². The lowest BCUT2D eigenvalue weighted by molar-refractivity contribution is -0.252. The van der Waals surface area contributed by atoms with Gasteiger partial charge in [0.15, 0.2) is 6.29 Å². The van der Waals surface area contributed by atoms with E-state index in [9.17, 15) is 20.1 Å². The summed E-state index contributed by atoms with van der Waals surface area (Å²) in [5.41, 5.74) is 6.52. The number of aliphatic hydroxyl groups is 2. The summed E-state index contributed by atoms with van der Waals surface area (Å²) in [6, 6.07) is 30.7. The first-order valence-electron chi connectivity index (χ1n) is 14.9. The molecule has 4 atom stereocenters. The second-order valence-corrected chi connectivity index (χ2v) is 11.4. The van der Waals surface area contributed by atoms with Gasteiger partial charge in [-0.2, -0.15) is 0 Å². The van der Waals surface area contributed by atoms with Crippen molar-refractivity contribution in [2.75, 3.05) is 20.1 Å². The molecule has 1 aliphatic rings. The fourth-order valence-corrected chi connectivity index (χ4v) is 5.51. The molecule has 0 saturated carbocycles. The normalized spacial score (nSPS) is 19.1. The van der Waals surface area contributed by atoms with Gasteiger partial charge in [-0.15, -0.1) is 0 Å². The zero-order chi connectivity index (χ0) is 31.1. The highest BCUT2D eigenvalue weighted by molar-refractivity contribution is 5.73. The van der Waals surface area contributed by atoms with Crippen LogP contribution in [-0.2, 0) is 27.4 Å². The number of phenols is 1. The number of benzene rings is 4. The minimum atomic E-state index is -0.756. The number of aliphatic hydroxyl groups excluding tert-OH is 2. The van der Waals surface area contributed by atoms with Gasteiger partial charge in [0.25, 0.3) is 0 Å². The highest BCUT2D eigenvalue weighted by atomic mass is 16.7. The largest absolute Gasteiger partial charge is 0.508 e. The van der Waals surface area contributed by atoms with Gasteiger partial charge in [-0.25, -0.2) is 0 Å². The highest BCUT2D eigenvalue weighted by Crippen LogP contribution is 2.38. The third-order valence-corrected chi connectivity index (χ3v) is 7.85. The van der Waals surface area contributed by atoms with Gasteiger partial charge in [-0.1, -0.05) is 78.9 Å². The molecular formula is C36H40N2O6. The lowest BCUT2D eigenvalue weighted by Crippen LogP contribution is -2.39. The Morgan fingerprint density at radius 1 is 0.909 bits per heavy atom. The van der Waals surface area contributed by atoms with Gasteiger partial charge in [0, 0.05) is 38.5 Å². The molecule has 0 bridgehead atoms. The van der Waals surface area contributed by atoms with E-state index < -0.39 is 12.4 Å². The zero-order valence-corrected chi connectivity index (χ0v) is 25.1. The van der Waals surface area contributed by atoms with Crippen molar-refractivity contribution in [1.29, 1.82) is 0 Å². The Hall–Kier alpha value is -4.05. The molecular weight excluding hydrogens is 556 g/mol. The van der Waals surface area contributed by atoms with Crippen LogP contribution >= 0.6 is 0 Å². The molecule has 1 heterocycles. The number of carbonyl (C=O) groups is 1. The monoisotopic (exact) mass is 596 g/mol. The van der Waals surface area contributed by atoms with E-state index in [0.717, 1.165) is 33.4 Å². The first-order chi connectivity index (χ1) is 21.3. The van der Waals surface area contributed by atoms with Crippen LogP contribution < -0.4 is 5.32 Å². The topological polar surface area (TPSA) is 111 Å². The van der Waals surface area contributed by atoms with Crippen molar-refractivity contribution >= 4 is 5.91 Å². The van der Waals surface area contributed by atoms with Crippen molar-refractivity contribution in [3.63, 3.8) is 0 Å². The molecule has 44 heavy (non-hydrogen) atoms. The van der Waals surface area contributed by atoms with E-state index >= 15 is 0 Å². The van der Waals surface area contributed by atoms with Crippen molar-refractivity contribution in [3.05, 3.63) is 125 Å². The molecule has 4 aromatic carbocycles. The van der Waals surface area contributed by atoms with Crippen LogP contribution in [0.3, 0.4) is 0 Å². The predicted molar refractivity (Wildman–Crippen MR) is 168 cm³/mol. The molecule has 1 saturated heterocycles. The minimum absolute atomic E-state index is 0.0189. The summed E-state index contributed by atoms with van der Waals surface area (Å²) in [6.45, 7) is 2.91. The summed E-state index contributed by atoms with van der Waals surface area (Å²) in [7, 11) is 1.94. The van der Waals surface area contributed by atoms with E-state index in [1.165, 1.54) is 6.92 Å². The van der Waals surface area contributed by atoms with E-state index in [2.05, 4.69) is 11.4 Å². The van der Waals surface area contributed by atoms with Crippen molar-refractivity contribution in [3.8, 4) is 16.9 Å². The second-order valence-electron chi connectivity index (χ2n) is 11.4. The van der Waals surface area contributed by atoms with Crippen LogP contribution in [0.5, 0.6) is 5.75 Å². The third kappa shape index (κ3) is 8.31. The molecule has 0 spiro atoms. The Morgan fingerprint density at radius 3 is 2.34 bits per heavy atom. The molecule has 1 aliphatic heterocycles. The van der Waals surface area contributed by atoms with Crippen LogP contribution in [0.15, 0.2) is 97.1 Å². The number of amides is 1. The smallest absolute Gasteiger partial charge is 0.217 e. The zero-order valence-electron chi connectivity index (χ0n) is 25.1. The number of hydrogen-bond acceptors (Lipinski definition) is 7. The first kappa shape index (κ1) is 31.4. The van der Waals surface area contributed by atoms with Crippen molar-refractivity contribution < 1.29 is 29.6 Å². The van der Waals surface area contributed by atoms with Crippen LogP contribution in [0, 0.1) is 0 Å². The maximum Gasteiger partial charge on any atom is 0.217 e. The maximum absolute atomic E-state index is 11.3. The predicted octanol–water partition coefficient (Wildman–Crippen LogP) is 5.40. The van der Waals surface area contributed by atoms with Crippen LogP contribution in [-0.4, -0.2) is 52.4 Å². The minimum Gasteiger partial charge on any atom is -0.508 e. The number of phenolic OH excluding ortho intramolecular Hbond substituents is 1. The number of nitrogens with zero attached hydrogens (tertiary/aromatic N) is 1. The summed E-state index contributed by atoms with van der Waals surface area (Å²) in [5, 5.41) is 32.9. The molecule has 0 radical (unpaired) electrons. The van der Waals surface area contributed by atoms with Gasteiger partial charge in [0.2, 0.25) is 5.91 Å². The summed E-state index contributed by atoms with van der Waals surface area (Å²) in [4.78, 5) is 13.4. The summed E-state index contributed by atoms with van der Waals surface area (Å²) in [6.07, 6.45) is -1.13. The molecule has 4 N–H and O–H groups in total. The number of aromatic hydroxyl groups is 1. The molecule has 0 aliphatic carbocycles. The lowest BCUT2D eigenvalue weighted by atomic mass is 9.99. The second kappa shape index (κ2) is 14.6. The van der Waals surface area contributed by atoms with Crippen molar-refractivity contribution in [2.24, 2.45) is 0 Å². The average Bonchev–Trinajstić information content (AvgIpc) is 3.04. The molecule has 5 rings (SSSR count). The number of ether oxygens (including phenoxy) is 2. The van der Waals surface area contributed by atoms with Gasteiger partial charge in [0.1, 0.15) is 5.75 Å². The molecule has 8 nitrogen and oxygen atoms in total. The van der Waals surface area contributed by atoms with Crippen LogP contribution in [0.1, 0.15) is 59.7 Å². The van der Waals surface area contributed by atoms with E-state index in [0.29, 0.717) is 31.6 Å². The van der Waals surface area contributed by atoms with Crippen LogP contribution in [0.4, 0.5) is 0 Å². The van der Waals surface area contributed by atoms with Gasteiger partial charge >= 0.3 is 0 Å². The first-order valence-corrected chi connectivity index (χ1v) is 14.9. The van der Waals surface area contributed by atoms with Crippen molar-refractivity contribution in [2.45, 2.75) is 51.1 Å². The molecule has 0 aromatic heterocycles. The van der Waals surface area contributed by atoms with Crippen molar-refractivity contribution in [1.82, 2.24) is 10.2 Å². The van der Waals surface area contributed by atoms with E-state index in [4.69, 9.17) is 9.47 Å². The van der Waals surface area contributed by atoms with Crippen LogP contribution in [0.2, 0.25) is 0 Å². The van der Waals surface area contributed by atoms with E-state index in [-0.39, 0.29) is 30.5 Å². The Bertz CT molecular complexity index is 1520. The summed E-state index contributed by atoms with van der Waals surface area (Å²) in [5.74, 6) is 0.0608. The van der Waals surface area contributed by atoms with Crippen LogP contribution in [0.25, 0.3) is 11.1 Å². The van der Waals surface area contributed by atoms with Gasteiger partial charge in [-0.3, -0.25) is 4.79 Å². The average molecular weight is 597 g/mol. The number of carbonyl (C=O) groups excluding carboxylic acids is 1. The number of likely N-dealkylation sites (N-methyl/N-ethyl adjacent to an activating group) is 1. The summed E-state index contributed by atoms with van der Waals surface area (Å²) >= 11 is 0. The standard InChI is InChI=1S/C36H40N2O6/c1-24(40)37-20-26-5-3-6-30(17-26)27-13-15-29(16-14-27)36-43-33(19-35(44-36)28-11-9-25(23-39)10-12-28)21-38(2)22-34(42)31-7-4-8-32(41)18-31/h3-18,33-36,39,41-42H,19-23H2,1-2H3,(H,37,40). The highest BCUT2D eigenvalue weighted by Gasteiger charge is 2.33. The fourth-order valence-electron chi connectivity index (χ4n) is 5.51. The molecule has 1 amide bonds. The molecule has 230 valence electrons. The van der Waals surface area contributed by atoms with E-state index in [1.54, 1.807) is 24.3 Å².